The molecule has 1 N–H and O–H groups in total. The maximum Gasteiger partial charge on any atom is 0.256 e. The number of nitrogens with zero attached hydrogens (tertiary/aromatic N) is 2. The van der Waals surface area contributed by atoms with Crippen molar-refractivity contribution in [2.45, 2.75) is 32.6 Å². The summed E-state index contributed by atoms with van der Waals surface area (Å²) in [5.74, 6) is -0.0567. The predicted molar refractivity (Wildman–Crippen MR) is 82.3 cm³/mol. The van der Waals surface area contributed by atoms with Crippen molar-refractivity contribution in [2.75, 3.05) is 18.8 Å². The molecule has 0 fully saturated rings. The number of unbranched alkanes of at least 4 members (excludes halogenated alkanes) is 3. The summed E-state index contributed by atoms with van der Waals surface area (Å²) in [5, 5.41) is 2.83. The molecule has 0 radical (unpaired) electrons. The number of amides is 1. The summed E-state index contributed by atoms with van der Waals surface area (Å²) < 4.78 is 26.9. The van der Waals surface area contributed by atoms with Crippen LogP contribution in [0.2, 0.25) is 0 Å². The Bertz CT molecular complexity index is 591. The van der Waals surface area contributed by atoms with Crippen LogP contribution < -0.4 is 5.32 Å². The Balaban J connectivity index is 2.01. The van der Waals surface area contributed by atoms with Crippen LogP contribution in [0.5, 0.6) is 0 Å². The lowest BCUT2D eigenvalue weighted by Crippen LogP contribution is -2.42. The summed E-state index contributed by atoms with van der Waals surface area (Å²) in [5.41, 5.74) is 0.316. The summed E-state index contributed by atoms with van der Waals surface area (Å²) in [7, 11) is -3.46. The van der Waals surface area contributed by atoms with Gasteiger partial charge in [0.15, 0.2) is 5.84 Å². The Morgan fingerprint density at radius 2 is 2.19 bits per heavy atom. The first-order valence-electron chi connectivity index (χ1n) is 7.30. The number of hydrogen-bond acceptors (Lipinski definition) is 4. The maximum atomic E-state index is 12.2. The highest BCUT2D eigenvalue weighted by Gasteiger charge is 2.29. The van der Waals surface area contributed by atoms with Gasteiger partial charge in [-0.1, -0.05) is 26.2 Å². The second kappa shape index (κ2) is 6.89. The molecule has 0 aromatic heterocycles. The SMILES string of the molecule is CCCCCCNC(=O)C1=CC=CN2CCS(=O)(=O)N=C12. The molecule has 0 unspecified atom stereocenters. The van der Waals surface area contributed by atoms with Crippen LogP contribution in [0, 0.1) is 0 Å². The molecule has 2 aliphatic rings. The first-order chi connectivity index (χ1) is 10.0. The Morgan fingerprint density at radius 1 is 1.38 bits per heavy atom. The van der Waals surface area contributed by atoms with Crippen LogP contribution >= 0.6 is 0 Å². The van der Waals surface area contributed by atoms with Gasteiger partial charge < -0.3 is 10.2 Å². The zero-order valence-corrected chi connectivity index (χ0v) is 13.0. The molecule has 0 spiro atoms. The highest BCUT2D eigenvalue weighted by atomic mass is 32.2. The fourth-order valence-electron chi connectivity index (χ4n) is 2.24. The molecule has 0 saturated heterocycles. The average molecular weight is 311 g/mol. The number of hydrogen-bond donors (Lipinski definition) is 1. The number of nitrogens with one attached hydrogen (secondary N) is 1. The van der Waals surface area contributed by atoms with Crippen molar-refractivity contribution in [2.24, 2.45) is 4.40 Å². The molecule has 0 aromatic rings. The first-order valence-corrected chi connectivity index (χ1v) is 8.91. The quantitative estimate of drug-likeness (QED) is 0.747. The topological polar surface area (TPSA) is 78.8 Å². The number of amidine groups is 1. The lowest BCUT2D eigenvalue weighted by Gasteiger charge is -2.28. The minimum atomic E-state index is -3.46. The Hall–Kier alpha value is -1.63. The molecule has 1 amide bonds. The van der Waals surface area contributed by atoms with E-state index in [1.54, 1.807) is 23.3 Å². The monoisotopic (exact) mass is 311 g/mol. The second-order valence-corrected chi connectivity index (χ2v) is 6.89. The van der Waals surface area contributed by atoms with Gasteiger partial charge in [0.2, 0.25) is 0 Å². The van der Waals surface area contributed by atoms with Crippen LogP contribution in [-0.4, -0.2) is 43.9 Å². The van der Waals surface area contributed by atoms with E-state index >= 15 is 0 Å². The smallest absolute Gasteiger partial charge is 0.256 e. The van der Waals surface area contributed by atoms with Crippen LogP contribution in [0.4, 0.5) is 0 Å². The molecule has 21 heavy (non-hydrogen) atoms. The molecule has 0 bridgehead atoms. The second-order valence-electron chi connectivity index (χ2n) is 5.13. The lowest BCUT2D eigenvalue weighted by molar-refractivity contribution is -0.117. The molecule has 0 atom stereocenters. The molecule has 2 rings (SSSR count). The van der Waals surface area contributed by atoms with Crippen molar-refractivity contribution in [3.63, 3.8) is 0 Å². The Labute approximate surface area is 125 Å². The fourth-order valence-corrected chi connectivity index (χ4v) is 3.23. The van der Waals surface area contributed by atoms with E-state index in [0.29, 0.717) is 18.7 Å². The van der Waals surface area contributed by atoms with Gasteiger partial charge in [-0.3, -0.25) is 4.79 Å². The number of allylic oxidation sites excluding steroid dienone is 2. The normalized spacial score (nSPS) is 19.6. The van der Waals surface area contributed by atoms with E-state index in [1.165, 1.54) is 0 Å². The van der Waals surface area contributed by atoms with Gasteiger partial charge in [0.1, 0.15) is 0 Å². The van der Waals surface area contributed by atoms with Crippen molar-refractivity contribution in [3.05, 3.63) is 23.9 Å². The number of rotatable bonds is 6. The van der Waals surface area contributed by atoms with Crippen molar-refractivity contribution < 1.29 is 13.2 Å². The number of fused-ring (bicyclic) bond motifs is 1. The third kappa shape index (κ3) is 4.17. The van der Waals surface area contributed by atoms with Crippen molar-refractivity contribution >= 4 is 21.8 Å². The van der Waals surface area contributed by atoms with E-state index in [-0.39, 0.29) is 17.5 Å². The third-order valence-electron chi connectivity index (χ3n) is 3.42. The van der Waals surface area contributed by atoms with Crippen LogP contribution in [0.1, 0.15) is 32.6 Å². The molecule has 0 aliphatic carbocycles. The number of carbonyl (C=O) groups excluding carboxylic acids is 1. The van der Waals surface area contributed by atoms with Gasteiger partial charge >= 0.3 is 0 Å². The summed E-state index contributed by atoms with van der Waals surface area (Å²) in [6.07, 6.45) is 9.40. The number of sulfonamides is 1. The van der Waals surface area contributed by atoms with Crippen LogP contribution in [-0.2, 0) is 14.8 Å². The molecule has 7 heteroatoms. The van der Waals surface area contributed by atoms with E-state index in [0.717, 1.165) is 25.7 Å². The molecule has 2 heterocycles. The van der Waals surface area contributed by atoms with Crippen LogP contribution in [0.25, 0.3) is 0 Å². The van der Waals surface area contributed by atoms with Gasteiger partial charge in [-0.25, -0.2) is 8.42 Å². The summed E-state index contributed by atoms with van der Waals surface area (Å²) in [4.78, 5) is 13.9. The van der Waals surface area contributed by atoms with E-state index in [2.05, 4.69) is 16.6 Å². The van der Waals surface area contributed by atoms with Crippen molar-refractivity contribution in [3.8, 4) is 0 Å². The van der Waals surface area contributed by atoms with E-state index in [9.17, 15) is 13.2 Å². The minimum absolute atomic E-state index is 0.0211. The fraction of sp³-hybridized carbons (Fsp3) is 0.571. The van der Waals surface area contributed by atoms with Gasteiger partial charge in [0.25, 0.3) is 15.9 Å². The van der Waals surface area contributed by atoms with Gasteiger partial charge in [0, 0.05) is 19.3 Å². The maximum absolute atomic E-state index is 12.2. The third-order valence-corrected chi connectivity index (χ3v) is 4.57. The van der Waals surface area contributed by atoms with Gasteiger partial charge in [-0.2, -0.15) is 0 Å². The van der Waals surface area contributed by atoms with E-state index in [1.807, 2.05) is 0 Å². The standard InChI is InChI=1S/C14H21N3O3S/c1-2-3-4-5-8-15-14(18)12-7-6-9-17-10-11-21(19,20)16-13(12)17/h6-7,9H,2-5,8,10-11H2,1H3,(H,15,18). The Morgan fingerprint density at radius 3 is 2.95 bits per heavy atom. The summed E-state index contributed by atoms with van der Waals surface area (Å²) in [6.45, 7) is 3.06. The highest BCUT2D eigenvalue weighted by Crippen LogP contribution is 2.17. The van der Waals surface area contributed by atoms with Gasteiger partial charge in [-0.15, -0.1) is 4.40 Å². The van der Waals surface area contributed by atoms with E-state index < -0.39 is 10.0 Å². The van der Waals surface area contributed by atoms with Crippen molar-refractivity contribution in [1.29, 1.82) is 0 Å². The highest BCUT2D eigenvalue weighted by molar-refractivity contribution is 7.90. The first kappa shape index (κ1) is 15.8. The van der Waals surface area contributed by atoms with Gasteiger partial charge in [0.05, 0.1) is 11.3 Å². The van der Waals surface area contributed by atoms with Crippen molar-refractivity contribution in [1.82, 2.24) is 10.2 Å². The molecule has 6 nitrogen and oxygen atoms in total. The zero-order valence-electron chi connectivity index (χ0n) is 12.2. The largest absolute Gasteiger partial charge is 0.352 e. The zero-order chi connectivity index (χ0) is 15.3. The molecular formula is C14H21N3O3S. The molecule has 2 aliphatic heterocycles. The molecule has 0 saturated carbocycles. The molecule has 116 valence electrons. The predicted octanol–water partition coefficient (Wildman–Crippen LogP) is 1.18. The number of carbonyl (C=O) groups is 1. The van der Waals surface area contributed by atoms with Crippen LogP contribution in [0.15, 0.2) is 28.3 Å². The summed E-state index contributed by atoms with van der Waals surface area (Å²) >= 11 is 0. The average Bonchev–Trinajstić information content (AvgIpc) is 2.45. The molecular weight excluding hydrogens is 290 g/mol. The van der Waals surface area contributed by atoms with Crippen LogP contribution in [0.3, 0.4) is 0 Å². The Kier molecular flexibility index (Phi) is 5.17. The lowest BCUT2D eigenvalue weighted by atomic mass is 10.1. The molecule has 0 aromatic carbocycles. The van der Waals surface area contributed by atoms with Gasteiger partial charge in [-0.05, 0) is 18.6 Å². The van der Waals surface area contributed by atoms with E-state index in [4.69, 9.17) is 0 Å². The minimum Gasteiger partial charge on any atom is -0.352 e. The summed E-state index contributed by atoms with van der Waals surface area (Å²) in [6, 6.07) is 0.